The lowest BCUT2D eigenvalue weighted by Gasteiger charge is -2.45. The topological polar surface area (TPSA) is 60.9 Å². The Balaban J connectivity index is 2.86. The van der Waals surface area contributed by atoms with Crippen LogP contribution in [0.2, 0.25) is 0 Å². The van der Waals surface area contributed by atoms with E-state index in [-0.39, 0.29) is 18.5 Å². The summed E-state index contributed by atoms with van der Waals surface area (Å²) in [7, 11) is 3.59. The molecular weight excluding hydrogens is 268 g/mol. The Bertz CT molecular complexity index is 365. The van der Waals surface area contributed by atoms with E-state index >= 15 is 0 Å². The van der Waals surface area contributed by atoms with Crippen molar-refractivity contribution in [3.8, 4) is 0 Å². The van der Waals surface area contributed by atoms with Gasteiger partial charge < -0.3 is 14.9 Å². The summed E-state index contributed by atoms with van der Waals surface area (Å²) in [5.74, 6) is -0.819. The first kappa shape index (κ1) is 17.8. The van der Waals surface area contributed by atoms with Crippen molar-refractivity contribution in [3.05, 3.63) is 0 Å². The summed E-state index contributed by atoms with van der Waals surface area (Å²) < 4.78 is 0. The average Bonchev–Trinajstić information content (AvgIpc) is 2.45. The molecule has 0 heterocycles. The summed E-state index contributed by atoms with van der Waals surface area (Å²) in [6, 6.07) is 0.120. The third-order valence-corrected chi connectivity index (χ3v) is 4.93. The number of hydrogen-bond donors (Lipinski definition) is 1. The van der Waals surface area contributed by atoms with Gasteiger partial charge in [0.1, 0.15) is 0 Å². The predicted octanol–water partition coefficient (Wildman–Crippen LogP) is 3.34. The van der Waals surface area contributed by atoms with Crippen molar-refractivity contribution in [2.24, 2.45) is 0 Å². The molecule has 5 heteroatoms. The van der Waals surface area contributed by atoms with Crippen molar-refractivity contribution < 1.29 is 14.7 Å². The number of carbonyl (C=O) groups is 2. The number of amides is 2. The highest BCUT2D eigenvalue weighted by Gasteiger charge is 2.41. The summed E-state index contributed by atoms with van der Waals surface area (Å²) in [4.78, 5) is 27.4. The maximum Gasteiger partial charge on any atom is 0.320 e. The van der Waals surface area contributed by atoms with Gasteiger partial charge in [-0.2, -0.15) is 0 Å². The van der Waals surface area contributed by atoms with Crippen LogP contribution in [0.5, 0.6) is 0 Å². The van der Waals surface area contributed by atoms with Crippen LogP contribution >= 0.6 is 0 Å². The second-order valence-electron chi connectivity index (χ2n) is 6.45. The number of urea groups is 1. The first-order chi connectivity index (χ1) is 9.84. The maximum atomic E-state index is 12.7. The number of rotatable bonds is 6. The minimum absolute atomic E-state index is 0.0469. The molecule has 5 nitrogen and oxygen atoms in total. The van der Waals surface area contributed by atoms with Gasteiger partial charge in [-0.25, -0.2) is 4.79 Å². The Morgan fingerprint density at radius 1 is 1.19 bits per heavy atom. The minimum Gasteiger partial charge on any atom is -0.481 e. The van der Waals surface area contributed by atoms with Crippen molar-refractivity contribution in [3.63, 3.8) is 0 Å². The molecule has 0 saturated heterocycles. The molecule has 122 valence electrons. The van der Waals surface area contributed by atoms with E-state index < -0.39 is 11.5 Å². The van der Waals surface area contributed by atoms with Gasteiger partial charge in [-0.1, -0.05) is 32.6 Å². The summed E-state index contributed by atoms with van der Waals surface area (Å²) in [6.45, 7) is 4.14. The average molecular weight is 298 g/mol. The zero-order chi connectivity index (χ0) is 16.0. The van der Waals surface area contributed by atoms with Crippen LogP contribution in [0.3, 0.4) is 0 Å². The van der Waals surface area contributed by atoms with E-state index in [2.05, 4.69) is 6.92 Å². The van der Waals surface area contributed by atoms with E-state index in [0.717, 1.165) is 44.9 Å². The third-order valence-electron chi connectivity index (χ3n) is 4.93. The van der Waals surface area contributed by atoms with Crippen molar-refractivity contribution in [2.75, 3.05) is 14.1 Å². The van der Waals surface area contributed by atoms with Gasteiger partial charge in [0.25, 0.3) is 0 Å². The zero-order valence-electron chi connectivity index (χ0n) is 13.9. The number of nitrogens with zero attached hydrogens (tertiary/aromatic N) is 2. The minimum atomic E-state index is -0.819. The van der Waals surface area contributed by atoms with Crippen LogP contribution in [0.4, 0.5) is 4.79 Å². The van der Waals surface area contributed by atoms with Crippen LogP contribution in [-0.2, 0) is 4.79 Å². The Morgan fingerprint density at radius 3 is 2.24 bits per heavy atom. The van der Waals surface area contributed by atoms with Gasteiger partial charge in [0, 0.05) is 20.1 Å². The molecule has 1 saturated carbocycles. The highest BCUT2D eigenvalue weighted by molar-refractivity contribution is 5.77. The van der Waals surface area contributed by atoms with Gasteiger partial charge in [-0.3, -0.25) is 4.79 Å². The molecule has 1 atom stereocenters. The molecule has 0 aromatic heterocycles. The molecule has 1 rings (SSSR count). The van der Waals surface area contributed by atoms with Gasteiger partial charge in [0.15, 0.2) is 0 Å². The van der Waals surface area contributed by atoms with Gasteiger partial charge in [0.05, 0.1) is 12.0 Å². The van der Waals surface area contributed by atoms with Crippen LogP contribution < -0.4 is 0 Å². The Labute approximate surface area is 128 Å². The molecule has 1 N–H and O–H groups in total. The fraction of sp³-hybridized carbons (Fsp3) is 0.875. The molecule has 1 aliphatic rings. The van der Waals surface area contributed by atoms with Gasteiger partial charge >= 0.3 is 12.0 Å². The zero-order valence-corrected chi connectivity index (χ0v) is 13.9. The summed E-state index contributed by atoms with van der Waals surface area (Å²) in [5.41, 5.74) is -0.513. The highest BCUT2D eigenvalue weighted by atomic mass is 16.4. The first-order valence-corrected chi connectivity index (χ1v) is 8.06. The van der Waals surface area contributed by atoms with Crippen LogP contribution in [0, 0.1) is 0 Å². The Kier molecular flexibility index (Phi) is 6.49. The first-order valence-electron chi connectivity index (χ1n) is 8.06. The summed E-state index contributed by atoms with van der Waals surface area (Å²) in [6.07, 6.45) is 6.74. The smallest absolute Gasteiger partial charge is 0.320 e. The van der Waals surface area contributed by atoms with Crippen molar-refractivity contribution in [1.29, 1.82) is 0 Å². The van der Waals surface area contributed by atoms with Gasteiger partial charge in [-0.15, -0.1) is 0 Å². The van der Waals surface area contributed by atoms with E-state index in [0.29, 0.717) is 0 Å². The van der Waals surface area contributed by atoms with Crippen molar-refractivity contribution in [1.82, 2.24) is 9.80 Å². The third kappa shape index (κ3) is 4.35. The van der Waals surface area contributed by atoms with Crippen LogP contribution in [0.1, 0.15) is 65.2 Å². The maximum absolute atomic E-state index is 12.7. The molecule has 0 bridgehead atoms. The Morgan fingerprint density at radius 2 is 1.76 bits per heavy atom. The van der Waals surface area contributed by atoms with Crippen LogP contribution in [-0.4, -0.2) is 52.6 Å². The summed E-state index contributed by atoms with van der Waals surface area (Å²) in [5, 5.41) is 9.24. The number of carbonyl (C=O) groups excluding carboxylic acids is 1. The highest BCUT2D eigenvalue weighted by Crippen LogP contribution is 2.36. The number of hydrogen-bond acceptors (Lipinski definition) is 2. The number of carboxylic acids is 1. The van der Waals surface area contributed by atoms with Crippen molar-refractivity contribution >= 4 is 12.0 Å². The van der Waals surface area contributed by atoms with Crippen molar-refractivity contribution in [2.45, 2.75) is 76.8 Å². The van der Waals surface area contributed by atoms with E-state index in [1.165, 1.54) is 0 Å². The predicted molar refractivity (Wildman–Crippen MR) is 83.4 cm³/mol. The molecule has 0 radical (unpaired) electrons. The lowest BCUT2D eigenvalue weighted by Crippen LogP contribution is -2.56. The monoisotopic (exact) mass is 298 g/mol. The molecule has 0 aliphatic heterocycles. The van der Waals surface area contributed by atoms with E-state index in [9.17, 15) is 14.7 Å². The molecular formula is C16H30N2O3. The molecule has 0 aromatic rings. The van der Waals surface area contributed by atoms with E-state index in [1.807, 2.05) is 14.0 Å². The molecule has 1 unspecified atom stereocenters. The summed E-state index contributed by atoms with van der Waals surface area (Å²) >= 11 is 0. The van der Waals surface area contributed by atoms with E-state index in [4.69, 9.17) is 0 Å². The van der Waals surface area contributed by atoms with E-state index in [1.54, 1.807) is 16.8 Å². The quantitative estimate of drug-likeness (QED) is 0.818. The second-order valence-corrected chi connectivity index (χ2v) is 6.45. The fourth-order valence-electron chi connectivity index (χ4n) is 3.36. The van der Waals surface area contributed by atoms with Gasteiger partial charge in [0.2, 0.25) is 0 Å². The Hall–Kier alpha value is -1.26. The SMILES string of the molecule is CCCC(C)N(C)C(=O)N(C)C1(CC(=O)O)CCCCC1. The van der Waals surface area contributed by atoms with Crippen LogP contribution in [0.25, 0.3) is 0 Å². The molecule has 0 spiro atoms. The molecule has 1 aliphatic carbocycles. The standard InChI is InChI=1S/C16H30N2O3/c1-5-9-13(2)17(3)15(21)18(4)16(12-14(19)20)10-7-6-8-11-16/h13H,5-12H2,1-4H3,(H,19,20). The lowest BCUT2D eigenvalue weighted by atomic mass is 9.78. The van der Waals surface area contributed by atoms with Crippen LogP contribution in [0.15, 0.2) is 0 Å². The number of carboxylic acid groups (broad SMARTS) is 1. The normalized spacial score (nSPS) is 18.9. The molecule has 1 fully saturated rings. The lowest BCUT2D eigenvalue weighted by molar-refractivity contribution is -0.140. The largest absolute Gasteiger partial charge is 0.481 e. The number of aliphatic carboxylic acids is 1. The molecule has 0 aromatic carbocycles. The van der Waals surface area contributed by atoms with Gasteiger partial charge in [-0.05, 0) is 26.2 Å². The fourth-order valence-corrected chi connectivity index (χ4v) is 3.36. The second kappa shape index (κ2) is 7.66. The molecule has 2 amide bonds. The molecule has 21 heavy (non-hydrogen) atoms.